The quantitative estimate of drug-likeness (QED) is 0.910. The molecule has 1 aromatic carbocycles. The Bertz CT molecular complexity index is 445. The Morgan fingerprint density at radius 1 is 1.11 bits per heavy atom. The van der Waals surface area contributed by atoms with Crippen LogP contribution >= 0.6 is 15.9 Å². The monoisotopic (exact) mass is 322 g/mol. The first kappa shape index (κ1) is 13.4. The lowest BCUT2D eigenvalue weighted by atomic mass is 10.0. The second-order valence-corrected chi connectivity index (χ2v) is 7.03. The first-order valence-corrected chi connectivity index (χ1v) is 8.20. The van der Waals surface area contributed by atoms with E-state index in [1.54, 1.807) is 0 Å². The van der Waals surface area contributed by atoms with E-state index in [2.05, 4.69) is 52.1 Å². The average molecular weight is 323 g/mol. The van der Waals surface area contributed by atoms with Crippen LogP contribution in [0.4, 0.5) is 5.69 Å². The van der Waals surface area contributed by atoms with Crippen molar-refractivity contribution in [2.75, 3.05) is 18.0 Å². The molecule has 1 aliphatic carbocycles. The standard InChI is InChI=1S/C16H23BrN2/c1-11-8-13(17)9-12(2)16(11)19-7-3-4-15(10-19)18-14-5-6-14/h8-9,14-15,18H,3-7,10H2,1-2H3. The van der Waals surface area contributed by atoms with E-state index in [9.17, 15) is 0 Å². The molecule has 0 radical (unpaired) electrons. The van der Waals surface area contributed by atoms with Crippen LogP contribution < -0.4 is 10.2 Å². The second-order valence-electron chi connectivity index (χ2n) is 6.11. The third-order valence-corrected chi connectivity index (χ3v) is 4.70. The highest BCUT2D eigenvalue weighted by Gasteiger charge is 2.28. The lowest BCUT2D eigenvalue weighted by Gasteiger charge is -2.36. The highest BCUT2D eigenvalue weighted by molar-refractivity contribution is 9.10. The molecule has 1 heterocycles. The van der Waals surface area contributed by atoms with E-state index in [1.165, 1.54) is 60.1 Å². The number of rotatable bonds is 3. The molecule has 0 bridgehead atoms. The Morgan fingerprint density at radius 2 is 1.79 bits per heavy atom. The van der Waals surface area contributed by atoms with E-state index < -0.39 is 0 Å². The maximum Gasteiger partial charge on any atom is 0.0426 e. The van der Waals surface area contributed by atoms with E-state index in [-0.39, 0.29) is 0 Å². The molecule has 1 saturated heterocycles. The lowest BCUT2D eigenvalue weighted by molar-refractivity contribution is 0.420. The zero-order valence-corrected chi connectivity index (χ0v) is 13.5. The highest BCUT2D eigenvalue weighted by atomic mass is 79.9. The molecule has 2 fully saturated rings. The van der Waals surface area contributed by atoms with Gasteiger partial charge in [-0.2, -0.15) is 0 Å². The minimum Gasteiger partial charge on any atom is -0.370 e. The minimum absolute atomic E-state index is 0.684. The zero-order chi connectivity index (χ0) is 13.4. The zero-order valence-electron chi connectivity index (χ0n) is 11.9. The number of anilines is 1. The van der Waals surface area contributed by atoms with Crippen molar-refractivity contribution in [2.24, 2.45) is 0 Å². The van der Waals surface area contributed by atoms with Crippen LogP contribution in [0.1, 0.15) is 36.8 Å². The van der Waals surface area contributed by atoms with Gasteiger partial charge in [0, 0.05) is 35.3 Å². The molecular weight excluding hydrogens is 300 g/mol. The van der Waals surface area contributed by atoms with Crippen LogP contribution in [0.2, 0.25) is 0 Å². The summed E-state index contributed by atoms with van der Waals surface area (Å²) in [5.74, 6) is 0. The third-order valence-electron chi connectivity index (χ3n) is 4.24. The van der Waals surface area contributed by atoms with E-state index in [4.69, 9.17) is 0 Å². The van der Waals surface area contributed by atoms with Crippen LogP contribution in [0, 0.1) is 13.8 Å². The molecule has 0 spiro atoms. The average Bonchev–Trinajstić information content (AvgIpc) is 3.12. The number of hydrogen-bond donors (Lipinski definition) is 1. The summed E-state index contributed by atoms with van der Waals surface area (Å²) in [6.45, 7) is 6.82. The number of benzene rings is 1. The van der Waals surface area contributed by atoms with Crippen LogP contribution in [-0.2, 0) is 0 Å². The number of aryl methyl sites for hydroxylation is 2. The van der Waals surface area contributed by atoms with Gasteiger partial charge in [0.15, 0.2) is 0 Å². The predicted octanol–water partition coefficient (Wildman–Crippen LogP) is 3.79. The fourth-order valence-corrected chi connectivity index (χ4v) is 3.99. The molecule has 1 saturated carbocycles. The van der Waals surface area contributed by atoms with Crippen LogP contribution in [0.25, 0.3) is 0 Å². The first-order chi connectivity index (χ1) is 9.13. The fraction of sp³-hybridized carbons (Fsp3) is 0.625. The largest absolute Gasteiger partial charge is 0.370 e. The van der Waals surface area contributed by atoms with Crippen molar-refractivity contribution >= 4 is 21.6 Å². The summed E-state index contributed by atoms with van der Waals surface area (Å²) < 4.78 is 1.19. The van der Waals surface area contributed by atoms with Crippen LogP contribution in [0.15, 0.2) is 16.6 Å². The van der Waals surface area contributed by atoms with Gasteiger partial charge in [-0.15, -0.1) is 0 Å². The number of halogens is 1. The van der Waals surface area contributed by atoms with Crippen LogP contribution in [-0.4, -0.2) is 25.2 Å². The molecule has 2 nitrogen and oxygen atoms in total. The van der Waals surface area contributed by atoms with Crippen molar-refractivity contribution in [1.82, 2.24) is 5.32 Å². The molecule has 19 heavy (non-hydrogen) atoms. The molecule has 0 aromatic heterocycles. The molecule has 1 aliphatic heterocycles. The topological polar surface area (TPSA) is 15.3 Å². The SMILES string of the molecule is Cc1cc(Br)cc(C)c1N1CCCC(NC2CC2)C1. The molecule has 3 rings (SSSR count). The number of piperidine rings is 1. The van der Waals surface area contributed by atoms with Crippen molar-refractivity contribution in [2.45, 2.75) is 51.6 Å². The predicted molar refractivity (Wildman–Crippen MR) is 85.0 cm³/mol. The van der Waals surface area contributed by atoms with Crippen LogP contribution in [0.3, 0.4) is 0 Å². The van der Waals surface area contributed by atoms with Gasteiger partial charge >= 0.3 is 0 Å². The van der Waals surface area contributed by atoms with E-state index in [1.807, 2.05) is 0 Å². The Hall–Kier alpha value is -0.540. The fourth-order valence-electron chi connectivity index (χ4n) is 3.30. The van der Waals surface area contributed by atoms with Crippen molar-refractivity contribution in [3.63, 3.8) is 0 Å². The Balaban J connectivity index is 1.77. The number of nitrogens with zero attached hydrogens (tertiary/aromatic N) is 1. The summed E-state index contributed by atoms with van der Waals surface area (Å²) in [4.78, 5) is 2.58. The summed E-state index contributed by atoms with van der Waals surface area (Å²) >= 11 is 3.59. The molecule has 1 unspecified atom stereocenters. The number of nitrogens with one attached hydrogen (secondary N) is 1. The molecule has 2 aliphatic rings. The maximum atomic E-state index is 3.79. The molecule has 3 heteroatoms. The lowest BCUT2D eigenvalue weighted by Crippen LogP contribution is -2.46. The van der Waals surface area contributed by atoms with Gasteiger partial charge in [-0.3, -0.25) is 0 Å². The summed E-state index contributed by atoms with van der Waals surface area (Å²) in [7, 11) is 0. The molecular formula is C16H23BrN2. The van der Waals surface area contributed by atoms with Gasteiger partial charge < -0.3 is 10.2 Å². The van der Waals surface area contributed by atoms with E-state index in [0.29, 0.717) is 6.04 Å². The number of hydrogen-bond acceptors (Lipinski definition) is 2. The smallest absolute Gasteiger partial charge is 0.0426 e. The van der Waals surface area contributed by atoms with Gasteiger partial charge in [-0.1, -0.05) is 15.9 Å². The maximum absolute atomic E-state index is 3.79. The Labute approximate surface area is 124 Å². The van der Waals surface area contributed by atoms with E-state index in [0.717, 1.165) is 6.04 Å². The van der Waals surface area contributed by atoms with Gasteiger partial charge in [0.2, 0.25) is 0 Å². The summed E-state index contributed by atoms with van der Waals surface area (Å²) in [5, 5.41) is 3.79. The molecule has 104 valence electrons. The highest BCUT2D eigenvalue weighted by Crippen LogP contribution is 2.31. The van der Waals surface area contributed by atoms with Crippen molar-refractivity contribution in [3.05, 3.63) is 27.7 Å². The summed E-state index contributed by atoms with van der Waals surface area (Å²) in [6.07, 6.45) is 5.40. The molecule has 0 amide bonds. The van der Waals surface area contributed by atoms with Gasteiger partial charge in [0.25, 0.3) is 0 Å². The third kappa shape index (κ3) is 3.14. The molecule has 1 aromatic rings. The Kier molecular flexibility index (Phi) is 3.86. The first-order valence-electron chi connectivity index (χ1n) is 7.41. The van der Waals surface area contributed by atoms with Gasteiger partial charge in [-0.25, -0.2) is 0 Å². The van der Waals surface area contributed by atoms with Crippen molar-refractivity contribution < 1.29 is 0 Å². The van der Waals surface area contributed by atoms with Crippen LogP contribution in [0.5, 0.6) is 0 Å². The molecule has 1 N–H and O–H groups in total. The minimum atomic E-state index is 0.684. The second kappa shape index (κ2) is 5.45. The van der Waals surface area contributed by atoms with Crippen molar-refractivity contribution in [1.29, 1.82) is 0 Å². The Morgan fingerprint density at radius 3 is 2.42 bits per heavy atom. The summed E-state index contributed by atoms with van der Waals surface area (Å²) in [6, 6.07) is 5.97. The normalized spacial score (nSPS) is 23.7. The van der Waals surface area contributed by atoms with Gasteiger partial charge in [0.1, 0.15) is 0 Å². The summed E-state index contributed by atoms with van der Waals surface area (Å²) in [5.41, 5.74) is 4.23. The molecule has 1 atom stereocenters. The van der Waals surface area contributed by atoms with E-state index >= 15 is 0 Å². The van der Waals surface area contributed by atoms with Crippen molar-refractivity contribution in [3.8, 4) is 0 Å². The van der Waals surface area contributed by atoms with Gasteiger partial charge in [-0.05, 0) is 62.8 Å². The van der Waals surface area contributed by atoms with Gasteiger partial charge in [0.05, 0.1) is 0 Å².